The smallest absolute Gasteiger partial charge is 0.0462 e. The standard InChI is InChI=1S/C16H23BrClN/c1-16(2)8-6-14(7-9-16)19(3)11-12-4-5-13(17)10-15(12)18/h4-5,10,14H,6-9,11H2,1-3H3. The molecule has 0 aliphatic heterocycles. The van der Waals surface area contributed by atoms with E-state index in [2.05, 4.69) is 53.9 Å². The SMILES string of the molecule is CN(Cc1ccc(Br)cc1Cl)C1CCC(C)(C)CC1. The monoisotopic (exact) mass is 343 g/mol. The minimum Gasteiger partial charge on any atom is -0.299 e. The minimum atomic E-state index is 0.534. The Morgan fingerprint density at radius 3 is 2.53 bits per heavy atom. The molecule has 0 aromatic heterocycles. The van der Waals surface area contributed by atoms with E-state index in [0.29, 0.717) is 11.5 Å². The Bertz CT molecular complexity index is 434. The summed E-state index contributed by atoms with van der Waals surface area (Å²) < 4.78 is 1.04. The lowest BCUT2D eigenvalue weighted by atomic mass is 9.75. The van der Waals surface area contributed by atoms with Crippen LogP contribution in [-0.4, -0.2) is 18.0 Å². The molecule has 1 fully saturated rings. The highest BCUT2D eigenvalue weighted by Crippen LogP contribution is 2.37. The number of hydrogen-bond acceptors (Lipinski definition) is 1. The highest BCUT2D eigenvalue weighted by molar-refractivity contribution is 9.10. The predicted octanol–water partition coefficient (Wildman–Crippen LogP) is 5.50. The van der Waals surface area contributed by atoms with Crippen molar-refractivity contribution in [2.24, 2.45) is 5.41 Å². The number of nitrogens with zero attached hydrogens (tertiary/aromatic N) is 1. The third kappa shape index (κ3) is 4.21. The molecule has 1 aliphatic carbocycles. The Morgan fingerprint density at radius 1 is 1.32 bits per heavy atom. The van der Waals surface area contributed by atoms with Crippen LogP contribution in [0.4, 0.5) is 0 Å². The summed E-state index contributed by atoms with van der Waals surface area (Å²) in [5, 5.41) is 0.859. The van der Waals surface area contributed by atoms with E-state index >= 15 is 0 Å². The van der Waals surface area contributed by atoms with Gasteiger partial charge in [-0.15, -0.1) is 0 Å². The molecule has 0 bridgehead atoms. The van der Waals surface area contributed by atoms with Crippen LogP contribution < -0.4 is 0 Å². The predicted molar refractivity (Wildman–Crippen MR) is 86.7 cm³/mol. The van der Waals surface area contributed by atoms with Gasteiger partial charge < -0.3 is 0 Å². The molecule has 0 heterocycles. The number of rotatable bonds is 3. The van der Waals surface area contributed by atoms with E-state index in [9.17, 15) is 0 Å². The van der Waals surface area contributed by atoms with E-state index < -0.39 is 0 Å². The second kappa shape index (κ2) is 6.15. The molecule has 0 atom stereocenters. The molecular weight excluding hydrogens is 322 g/mol. The van der Waals surface area contributed by atoms with Crippen LogP contribution in [0, 0.1) is 5.41 Å². The van der Waals surface area contributed by atoms with Crippen LogP contribution >= 0.6 is 27.5 Å². The average Bonchev–Trinajstić information content (AvgIpc) is 2.32. The Morgan fingerprint density at radius 2 is 1.95 bits per heavy atom. The zero-order chi connectivity index (χ0) is 14.0. The molecule has 0 spiro atoms. The van der Waals surface area contributed by atoms with E-state index in [1.54, 1.807) is 0 Å². The van der Waals surface area contributed by atoms with Gasteiger partial charge in [-0.3, -0.25) is 4.90 Å². The van der Waals surface area contributed by atoms with Crippen LogP contribution in [0.2, 0.25) is 5.02 Å². The van der Waals surface area contributed by atoms with Gasteiger partial charge in [0.05, 0.1) is 0 Å². The van der Waals surface area contributed by atoms with Crippen molar-refractivity contribution in [3.63, 3.8) is 0 Å². The van der Waals surface area contributed by atoms with Gasteiger partial charge in [0.1, 0.15) is 0 Å². The van der Waals surface area contributed by atoms with Gasteiger partial charge >= 0.3 is 0 Å². The van der Waals surface area contributed by atoms with Crippen LogP contribution in [0.3, 0.4) is 0 Å². The van der Waals surface area contributed by atoms with Crippen LogP contribution in [-0.2, 0) is 6.54 Å². The molecule has 1 aromatic carbocycles. The highest BCUT2D eigenvalue weighted by Gasteiger charge is 2.28. The van der Waals surface area contributed by atoms with Crippen LogP contribution in [0.1, 0.15) is 45.1 Å². The average molecular weight is 345 g/mol. The molecule has 2 rings (SSSR count). The van der Waals surface area contributed by atoms with Crippen LogP contribution in [0.15, 0.2) is 22.7 Å². The van der Waals surface area contributed by atoms with Crippen molar-refractivity contribution in [1.82, 2.24) is 4.90 Å². The fourth-order valence-corrected chi connectivity index (χ4v) is 3.61. The van der Waals surface area contributed by atoms with Gasteiger partial charge in [-0.2, -0.15) is 0 Å². The van der Waals surface area contributed by atoms with Gasteiger partial charge in [0.15, 0.2) is 0 Å². The molecule has 1 aromatic rings. The molecule has 0 N–H and O–H groups in total. The zero-order valence-electron chi connectivity index (χ0n) is 12.0. The normalized spacial score (nSPS) is 19.9. The molecule has 1 aliphatic rings. The lowest BCUT2D eigenvalue weighted by molar-refractivity contribution is 0.123. The topological polar surface area (TPSA) is 3.24 Å². The Balaban J connectivity index is 1.96. The lowest BCUT2D eigenvalue weighted by Crippen LogP contribution is -2.36. The fourth-order valence-electron chi connectivity index (χ4n) is 2.87. The van der Waals surface area contributed by atoms with Crippen LogP contribution in [0.25, 0.3) is 0 Å². The second-order valence-corrected chi connectivity index (χ2v) is 7.87. The fraction of sp³-hybridized carbons (Fsp3) is 0.625. The molecule has 3 heteroatoms. The number of halogens is 2. The first kappa shape index (κ1) is 15.3. The van der Waals surface area contributed by atoms with Gasteiger partial charge in [0, 0.05) is 22.1 Å². The summed E-state index contributed by atoms with van der Waals surface area (Å²) >= 11 is 9.75. The van der Waals surface area contributed by atoms with E-state index in [1.807, 2.05) is 6.07 Å². The summed E-state index contributed by atoms with van der Waals surface area (Å²) in [5.74, 6) is 0. The number of benzene rings is 1. The van der Waals surface area contributed by atoms with Crippen molar-refractivity contribution >= 4 is 27.5 Å². The Labute approximate surface area is 130 Å². The first-order valence-electron chi connectivity index (χ1n) is 7.01. The third-order valence-electron chi connectivity index (χ3n) is 4.37. The van der Waals surface area contributed by atoms with Gasteiger partial charge in [-0.25, -0.2) is 0 Å². The van der Waals surface area contributed by atoms with Crippen molar-refractivity contribution in [2.45, 2.75) is 52.1 Å². The van der Waals surface area contributed by atoms with Crippen molar-refractivity contribution in [3.05, 3.63) is 33.3 Å². The second-order valence-electron chi connectivity index (χ2n) is 6.55. The summed E-state index contributed by atoms with van der Waals surface area (Å²) in [6.07, 6.45) is 5.27. The van der Waals surface area contributed by atoms with Gasteiger partial charge in [0.2, 0.25) is 0 Å². The molecular formula is C16H23BrClN. The van der Waals surface area contributed by atoms with Gasteiger partial charge in [-0.05, 0) is 55.8 Å². The zero-order valence-corrected chi connectivity index (χ0v) is 14.4. The van der Waals surface area contributed by atoms with E-state index in [1.165, 1.54) is 31.2 Å². The highest BCUT2D eigenvalue weighted by atomic mass is 79.9. The first-order valence-corrected chi connectivity index (χ1v) is 8.19. The van der Waals surface area contributed by atoms with E-state index in [-0.39, 0.29) is 0 Å². The quantitative estimate of drug-likeness (QED) is 0.699. The van der Waals surface area contributed by atoms with Gasteiger partial charge in [-0.1, -0.05) is 47.4 Å². The largest absolute Gasteiger partial charge is 0.299 e. The summed E-state index contributed by atoms with van der Waals surface area (Å²) in [4.78, 5) is 2.46. The molecule has 0 unspecified atom stereocenters. The summed E-state index contributed by atoms with van der Waals surface area (Å²) in [7, 11) is 2.22. The molecule has 0 saturated heterocycles. The molecule has 19 heavy (non-hydrogen) atoms. The van der Waals surface area contributed by atoms with E-state index in [4.69, 9.17) is 11.6 Å². The summed E-state index contributed by atoms with van der Waals surface area (Å²) in [6.45, 7) is 5.71. The van der Waals surface area contributed by atoms with Crippen molar-refractivity contribution in [2.75, 3.05) is 7.05 Å². The molecule has 0 radical (unpaired) electrons. The Kier molecular flexibility index (Phi) is 4.97. The number of hydrogen-bond donors (Lipinski definition) is 0. The van der Waals surface area contributed by atoms with Crippen molar-refractivity contribution < 1.29 is 0 Å². The maximum atomic E-state index is 6.30. The third-order valence-corrected chi connectivity index (χ3v) is 5.21. The van der Waals surface area contributed by atoms with E-state index in [0.717, 1.165) is 16.0 Å². The molecule has 1 saturated carbocycles. The molecule has 1 nitrogen and oxygen atoms in total. The van der Waals surface area contributed by atoms with Crippen molar-refractivity contribution in [3.8, 4) is 0 Å². The van der Waals surface area contributed by atoms with Crippen LogP contribution in [0.5, 0.6) is 0 Å². The summed E-state index contributed by atoms with van der Waals surface area (Å²) in [5.41, 5.74) is 1.75. The minimum absolute atomic E-state index is 0.534. The summed E-state index contributed by atoms with van der Waals surface area (Å²) in [6, 6.07) is 6.87. The lowest BCUT2D eigenvalue weighted by Gasteiger charge is -2.38. The first-order chi connectivity index (χ1) is 8.87. The maximum absolute atomic E-state index is 6.30. The molecule has 106 valence electrons. The molecule has 0 amide bonds. The van der Waals surface area contributed by atoms with Crippen molar-refractivity contribution in [1.29, 1.82) is 0 Å². The Hall–Kier alpha value is -0.0500. The maximum Gasteiger partial charge on any atom is 0.0462 e. The van der Waals surface area contributed by atoms with Gasteiger partial charge in [0.25, 0.3) is 0 Å².